The molecule has 0 radical (unpaired) electrons. The van der Waals surface area contributed by atoms with Crippen LogP contribution in [0.5, 0.6) is 0 Å². The van der Waals surface area contributed by atoms with Crippen molar-refractivity contribution in [1.29, 1.82) is 5.26 Å². The molecule has 0 bridgehead atoms. The standard InChI is InChI=1S/C15H21N3O3S/c1-12-9-18(10-13(2)21-12)22(19,20)17(3)11-15-6-4-5-14(7-15)8-16/h4-7,12-13H,9-11H2,1-3H3/t12-,13+. The third kappa shape index (κ3) is 3.84. The highest BCUT2D eigenvalue weighted by molar-refractivity contribution is 7.86. The van der Waals surface area contributed by atoms with Crippen LogP contribution in [0, 0.1) is 11.3 Å². The van der Waals surface area contributed by atoms with E-state index in [1.807, 2.05) is 19.9 Å². The second-order valence-electron chi connectivity index (χ2n) is 5.65. The van der Waals surface area contributed by atoms with E-state index in [4.69, 9.17) is 10.00 Å². The number of rotatable bonds is 4. The Bertz CT molecular complexity index is 659. The zero-order valence-electron chi connectivity index (χ0n) is 13.1. The molecule has 0 amide bonds. The predicted molar refractivity (Wildman–Crippen MR) is 83.1 cm³/mol. The smallest absolute Gasteiger partial charge is 0.282 e. The summed E-state index contributed by atoms with van der Waals surface area (Å²) in [7, 11) is -1.99. The van der Waals surface area contributed by atoms with Gasteiger partial charge in [0, 0.05) is 26.7 Å². The highest BCUT2D eigenvalue weighted by Crippen LogP contribution is 2.18. The molecule has 2 rings (SSSR count). The van der Waals surface area contributed by atoms with Gasteiger partial charge >= 0.3 is 0 Å². The van der Waals surface area contributed by atoms with Crippen LogP contribution in [0.15, 0.2) is 24.3 Å². The van der Waals surface area contributed by atoms with Crippen molar-refractivity contribution in [1.82, 2.24) is 8.61 Å². The minimum Gasteiger partial charge on any atom is -0.373 e. The summed E-state index contributed by atoms with van der Waals surface area (Å²) in [6.45, 7) is 4.69. The number of morpholine rings is 1. The average Bonchev–Trinajstić information content (AvgIpc) is 2.46. The molecule has 6 nitrogen and oxygen atoms in total. The van der Waals surface area contributed by atoms with E-state index in [2.05, 4.69) is 6.07 Å². The van der Waals surface area contributed by atoms with Crippen LogP contribution in [-0.2, 0) is 21.5 Å². The van der Waals surface area contributed by atoms with Crippen LogP contribution in [0.4, 0.5) is 0 Å². The van der Waals surface area contributed by atoms with E-state index < -0.39 is 10.2 Å². The average molecular weight is 323 g/mol. The Morgan fingerprint density at radius 1 is 1.36 bits per heavy atom. The molecule has 1 aromatic carbocycles. The third-order valence-corrected chi connectivity index (χ3v) is 5.44. The molecule has 0 spiro atoms. The molecular weight excluding hydrogens is 302 g/mol. The molecule has 7 heteroatoms. The largest absolute Gasteiger partial charge is 0.373 e. The minimum absolute atomic E-state index is 0.117. The minimum atomic E-state index is -3.54. The second-order valence-corrected chi connectivity index (χ2v) is 7.69. The fraction of sp³-hybridized carbons (Fsp3) is 0.533. The summed E-state index contributed by atoms with van der Waals surface area (Å²) in [5.41, 5.74) is 1.32. The molecule has 0 unspecified atom stereocenters. The van der Waals surface area contributed by atoms with E-state index in [0.717, 1.165) is 5.56 Å². The normalized spacial score (nSPS) is 23.4. The molecular formula is C15H21N3O3S. The summed E-state index contributed by atoms with van der Waals surface area (Å²) in [6, 6.07) is 9.04. The van der Waals surface area contributed by atoms with Crippen molar-refractivity contribution < 1.29 is 13.2 Å². The van der Waals surface area contributed by atoms with Gasteiger partial charge in [-0.05, 0) is 31.5 Å². The Morgan fingerprint density at radius 2 is 2.00 bits per heavy atom. The summed E-state index contributed by atoms with van der Waals surface area (Å²) in [4.78, 5) is 0. The van der Waals surface area contributed by atoms with Crippen LogP contribution in [0.3, 0.4) is 0 Å². The van der Waals surface area contributed by atoms with Gasteiger partial charge < -0.3 is 4.74 Å². The van der Waals surface area contributed by atoms with Crippen molar-refractivity contribution in [2.24, 2.45) is 0 Å². The summed E-state index contributed by atoms with van der Waals surface area (Å²) in [5, 5.41) is 8.91. The monoisotopic (exact) mass is 323 g/mol. The predicted octanol–water partition coefficient (Wildman–Crippen LogP) is 1.34. The Labute approximate surface area is 132 Å². The Kier molecular flexibility index (Phi) is 5.19. The summed E-state index contributed by atoms with van der Waals surface area (Å²) < 4.78 is 33.7. The first-order chi connectivity index (χ1) is 10.3. The maximum Gasteiger partial charge on any atom is 0.282 e. The lowest BCUT2D eigenvalue weighted by atomic mass is 10.1. The SMILES string of the molecule is C[C@@H]1CN(S(=O)(=O)N(C)Cc2cccc(C#N)c2)C[C@H](C)O1. The summed E-state index contributed by atoms with van der Waals surface area (Å²) in [5.74, 6) is 0. The molecule has 0 aromatic heterocycles. The maximum absolute atomic E-state index is 12.7. The van der Waals surface area contributed by atoms with Crippen molar-refractivity contribution in [2.45, 2.75) is 32.6 Å². The van der Waals surface area contributed by atoms with Crippen LogP contribution in [0.25, 0.3) is 0 Å². The third-order valence-electron chi connectivity index (χ3n) is 3.57. The molecule has 0 saturated carbocycles. The Morgan fingerprint density at radius 3 is 2.59 bits per heavy atom. The van der Waals surface area contributed by atoms with Gasteiger partial charge in [0.1, 0.15) is 0 Å². The quantitative estimate of drug-likeness (QED) is 0.838. The van der Waals surface area contributed by atoms with Gasteiger partial charge in [0.15, 0.2) is 0 Å². The van der Waals surface area contributed by atoms with Gasteiger partial charge in [0.05, 0.1) is 23.8 Å². The topological polar surface area (TPSA) is 73.6 Å². The van der Waals surface area contributed by atoms with Crippen molar-refractivity contribution in [3.8, 4) is 6.07 Å². The molecule has 22 heavy (non-hydrogen) atoms. The van der Waals surface area contributed by atoms with Gasteiger partial charge in [-0.15, -0.1) is 0 Å². The second kappa shape index (κ2) is 6.75. The molecule has 2 atom stereocenters. The molecule has 1 aliphatic rings. The first kappa shape index (κ1) is 16.9. The van der Waals surface area contributed by atoms with E-state index in [1.165, 1.54) is 8.61 Å². The molecule has 1 aliphatic heterocycles. The van der Waals surface area contributed by atoms with Gasteiger partial charge in [-0.3, -0.25) is 0 Å². The van der Waals surface area contributed by atoms with Gasteiger partial charge in [0.25, 0.3) is 10.2 Å². The van der Waals surface area contributed by atoms with Crippen LogP contribution < -0.4 is 0 Å². The molecule has 1 heterocycles. The van der Waals surface area contributed by atoms with E-state index in [9.17, 15) is 8.42 Å². The number of nitriles is 1. The molecule has 0 N–H and O–H groups in total. The van der Waals surface area contributed by atoms with Gasteiger partial charge in [-0.25, -0.2) is 0 Å². The van der Waals surface area contributed by atoms with Gasteiger partial charge in [0.2, 0.25) is 0 Å². The number of hydrogen-bond acceptors (Lipinski definition) is 4. The first-order valence-corrected chi connectivity index (χ1v) is 8.58. The molecule has 1 fully saturated rings. The first-order valence-electron chi connectivity index (χ1n) is 7.19. The molecule has 1 aromatic rings. The van der Waals surface area contributed by atoms with Gasteiger partial charge in [-0.1, -0.05) is 12.1 Å². The van der Waals surface area contributed by atoms with E-state index in [1.54, 1.807) is 25.2 Å². The van der Waals surface area contributed by atoms with Crippen LogP contribution in [-0.4, -0.2) is 49.4 Å². The Hall–Kier alpha value is -1.46. The number of benzene rings is 1. The van der Waals surface area contributed by atoms with E-state index in [-0.39, 0.29) is 18.8 Å². The van der Waals surface area contributed by atoms with Crippen LogP contribution >= 0.6 is 0 Å². The highest BCUT2D eigenvalue weighted by atomic mass is 32.2. The van der Waals surface area contributed by atoms with Crippen LogP contribution in [0.2, 0.25) is 0 Å². The van der Waals surface area contributed by atoms with Crippen molar-refractivity contribution in [2.75, 3.05) is 20.1 Å². The molecule has 1 saturated heterocycles. The van der Waals surface area contributed by atoms with Crippen molar-refractivity contribution in [3.05, 3.63) is 35.4 Å². The lowest BCUT2D eigenvalue weighted by Gasteiger charge is -2.36. The zero-order valence-corrected chi connectivity index (χ0v) is 13.9. The van der Waals surface area contributed by atoms with Gasteiger partial charge in [-0.2, -0.15) is 22.3 Å². The number of nitrogens with zero attached hydrogens (tertiary/aromatic N) is 3. The van der Waals surface area contributed by atoms with Crippen molar-refractivity contribution in [3.63, 3.8) is 0 Å². The van der Waals surface area contributed by atoms with E-state index >= 15 is 0 Å². The number of hydrogen-bond donors (Lipinski definition) is 0. The highest BCUT2D eigenvalue weighted by Gasteiger charge is 2.33. The van der Waals surface area contributed by atoms with Crippen molar-refractivity contribution >= 4 is 10.2 Å². The number of ether oxygens (including phenoxy) is 1. The fourth-order valence-corrected chi connectivity index (χ4v) is 4.10. The fourth-order valence-electron chi connectivity index (χ4n) is 2.59. The lowest BCUT2D eigenvalue weighted by Crippen LogP contribution is -2.52. The molecule has 0 aliphatic carbocycles. The lowest BCUT2D eigenvalue weighted by molar-refractivity contribution is -0.0453. The zero-order chi connectivity index (χ0) is 16.3. The summed E-state index contributed by atoms with van der Waals surface area (Å²) in [6.07, 6.45) is -0.234. The van der Waals surface area contributed by atoms with E-state index in [0.29, 0.717) is 18.7 Å². The summed E-state index contributed by atoms with van der Waals surface area (Å²) >= 11 is 0. The maximum atomic E-state index is 12.7. The molecule has 120 valence electrons. The Balaban J connectivity index is 2.13. The van der Waals surface area contributed by atoms with Crippen LogP contribution in [0.1, 0.15) is 25.0 Å².